The van der Waals surface area contributed by atoms with Gasteiger partial charge in [-0.2, -0.15) is 0 Å². The molecule has 1 rings (SSSR count). The zero-order valence-electron chi connectivity index (χ0n) is 10.3. The van der Waals surface area contributed by atoms with Crippen LogP contribution in [0.4, 0.5) is 13.2 Å². The third kappa shape index (κ3) is 6.10. The molecule has 0 fully saturated rings. The van der Waals surface area contributed by atoms with Crippen molar-refractivity contribution in [3.05, 3.63) is 29.8 Å². The summed E-state index contributed by atoms with van der Waals surface area (Å²) in [4.78, 5) is 12.2. The molecule has 106 valence electrons. The summed E-state index contributed by atoms with van der Waals surface area (Å²) in [6.07, 6.45) is -4.73. The fraction of sp³-hybridized carbons (Fsp3) is 0.417. The van der Waals surface area contributed by atoms with Crippen molar-refractivity contribution in [1.82, 2.24) is 4.90 Å². The molecule has 0 atom stereocenters. The topological polar surface area (TPSA) is 49.8 Å². The van der Waals surface area contributed by atoms with E-state index >= 15 is 0 Å². The summed E-state index contributed by atoms with van der Waals surface area (Å²) < 4.78 is 40.0. The lowest BCUT2D eigenvalue weighted by Gasteiger charge is -2.18. The van der Waals surface area contributed by atoms with Crippen LogP contribution in [-0.4, -0.2) is 35.4 Å². The van der Waals surface area contributed by atoms with E-state index < -0.39 is 12.3 Å². The highest BCUT2D eigenvalue weighted by molar-refractivity contribution is 5.69. The van der Waals surface area contributed by atoms with Crippen molar-refractivity contribution in [1.29, 1.82) is 0 Å². The number of benzene rings is 1. The van der Waals surface area contributed by atoms with Gasteiger partial charge in [-0.05, 0) is 24.2 Å². The molecule has 1 N–H and O–H groups in total. The van der Waals surface area contributed by atoms with Crippen LogP contribution in [0, 0.1) is 0 Å². The summed E-state index contributed by atoms with van der Waals surface area (Å²) >= 11 is 0. The molecule has 1 aromatic carbocycles. The van der Waals surface area contributed by atoms with E-state index in [4.69, 9.17) is 5.11 Å². The number of ether oxygens (including phenoxy) is 1. The minimum Gasteiger partial charge on any atom is -0.480 e. The number of carboxylic acids is 1. The molecule has 0 radical (unpaired) electrons. The van der Waals surface area contributed by atoms with E-state index in [-0.39, 0.29) is 18.8 Å². The smallest absolute Gasteiger partial charge is 0.480 e. The number of likely N-dealkylation sites (N-methyl/N-ethyl adjacent to an activating group) is 1. The number of halogens is 3. The van der Waals surface area contributed by atoms with Crippen LogP contribution >= 0.6 is 0 Å². The second-order valence-corrected chi connectivity index (χ2v) is 3.89. The number of alkyl halides is 3. The Balaban J connectivity index is 2.73. The van der Waals surface area contributed by atoms with Gasteiger partial charge in [-0.25, -0.2) is 0 Å². The number of rotatable bonds is 6. The molecule has 0 bridgehead atoms. The normalized spacial score (nSPS) is 11.6. The molecular formula is C12H14F3NO3. The first-order valence-corrected chi connectivity index (χ1v) is 5.59. The molecule has 7 heteroatoms. The van der Waals surface area contributed by atoms with Crippen LogP contribution in [0.1, 0.15) is 12.5 Å². The van der Waals surface area contributed by atoms with Gasteiger partial charge in [-0.15, -0.1) is 13.2 Å². The average molecular weight is 277 g/mol. The molecule has 0 amide bonds. The Kier molecular flexibility index (Phi) is 5.17. The van der Waals surface area contributed by atoms with Gasteiger partial charge in [0.05, 0.1) is 6.54 Å². The number of carbonyl (C=O) groups is 1. The van der Waals surface area contributed by atoms with E-state index in [1.54, 1.807) is 17.9 Å². The molecule has 0 aliphatic rings. The molecule has 0 unspecified atom stereocenters. The number of carboxylic acid groups (broad SMARTS) is 1. The van der Waals surface area contributed by atoms with Gasteiger partial charge < -0.3 is 9.84 Å². The first kappa shape index (κ1) is 15.3. The largest absolute Gasteiger partial charge is 0.573 e. The van der Waals surface area contributed by atoms with Gasteiger partial charge in [0, 0.05) is 6.54 Å². The van der Waals surface area contributed by atoms with Gasteiger partial charge in [-0.3, -0.25) is 9.69 Å². The quantitative estimate of drug-likeness (QED) is 0.868. The molecule has 0 aliphatic heterocycles. The lowest BCUT2D eigenvalue weighted by Crippen LogP contribution is -2.29. The highest BCUT2D eigenvalue weighted by Gasteiger charge is 2.31. The Morgan fingerprint density at radius 3 is 2.63 bits per heavy atom. The van der Waals surface area contributed by atoms with Gasteiger partial charge in [-0.1, -0.05) is 19.1 Å². The maximum absolute atomic E-state index is 12.1. The number of aliphatic carboxylic acids is 1. The average Bonchev–Trinajstić information content (AvgIpc) is 2.25. The fourth-order valence-corrected chi connectivity index (χ4v) is 1.57. The second kappa shape index (κ2) is 6.42. The Morgan fingerprint density at radius 1 is 1.42 bits per heavy atom. The Morgan fingerprint density at radius 2 is 2.11 bits per heavy atom. The number of hydrogen-bond donors (Lipinski definition) is 1. The summed E-state index contributed by atoms with van der Waals surface area (Å²) in [5.41, 5.74) is 0.560. The lowest BCUT2D eigenvalue weighted by atomic mass is 10.2. The third-order valence-corrected chi connectivity index (χ3v) is 2.34. The number of hydrogen-bond acceptors (Lipinski definition) is 3. The highest BCUT2D eigenvalue weighted by atomic mass is 19.4. The molecule has 4 nitrogen and oxygen atoms in total. The predicted molar refractivity (Wildman–Crippen MR) is 61.7 cm³/mol. The van der Waals surface area contributed by atoms with E-state index in [0.717, 1.165) is 0 Å². The van der Waals surface area contributed by atoms with Crippen LogP contribution in [0.15, 0.2) is 24.3 Å². The second-order valence-electron chi connectivity index (χ2n) is 3.89. The zero-order chi connectivity index (χ0) is 14.5. The molecular weight excluding hydrogens is 263 g/mol. The first-order valence-electron chi connectivity index (χ1n) is 5.59. The maximum Gasteiger partial charge on any atom is 0.573 e. The van der Waals surface area contributed by atoms with Gasteiger partial charge in [0.2, 0.25) is 0 Å². The van der Waals surface area contributed by atoms with Crippen molar-refractivity contribution in [2.24, 2.45) is 0 Å². The predicted octanol–water partition coefficient (Wildman–Crippen LogP) is 2.49. The standard InChI is InChI=1S/C12H14F3NO3/c1-2-16(8-11(17)18)7-9-4-3-5-10(6-9)19-12(13,14)15/h3-6H,2,7-8H2,1H3,(H,17,18). The number of nitrogens with zero attached hydrogens (tertiary/aromatic N) is 1. The highest BCUT2D eigenvalue weighted by Crippen LogP contribution is 2.23. The van der Waals surface area contributed by atoms with E-state index in [9.17, 15) is 18.0 Å². The Hall–Kier alpha value is -1.76. The molecule has 0 aliphatic carbocycles. The SMILES string of the molecule is CCN(CC(=O)O)Cc1cccc(OC(F)(F)F)c1. The van der Waals surface area contributed by atoms with Gasteiger partial charge in [0.1, 0.15) is 5.75 Å². The monoisotopic (exact) mass is 277 g/mol. The summed E-state index contributed by atoms with van der Waals surface area (Å²) in [7, 11) is 0. The van der Waals surface area contributed by atoms with Crippen molar-refractivity contribution in [3.63, 3.8) is 0 Å². The minimum absolute atomic E-state index is 0.166. The van der Waals surface area contributed by atoms with Crippen LogP contribution in [0.3, 0.4) is 0 Å². The van der Waals surface area contributed by atoms with Crippen molar-refractivity contribution < 1.29 is 27.8 Å². The third-order valence-electron chi connectivity index (χ3n) is 2.34. The summed E-state index contributed by atoms with van der Waals surface area (Å²) in [6, 6.07) is 5.50. The van der Waals surface area contributed by atoms with Crippen LogP contribution in [-0.2, 0) is 11.3 Å². The van der Waals surface area contributed by atoms with Gasteiger partial charge >= 0.3 is 12.3 Å². The molecule has 1 aromatic rings. The van der Waals surface area contributed by atoms with Crippen molar-refractivity contribution in [3.8, 4) is 5.75 Å². The van der Waals surface area contributed by atoms with Crippen LogP contribution < -0.4 is 4.74 Å². The van der Waals surface area contributed by atoms with Gasteiger partial charge in [0.15, 0.2) is 0 Å². The molecule has 19 heavy (non-hydrogen) atoms. The zero-order valence-corrected chi connectivity index (χ0v) is 10.3. The van der Waals surface area contributed by atoms with Crippen LogP contribution in [0.5, 0.6) is 5.75 Å². The lowest BCUT2D eigenvalue weighted by molar-refractivity contribution is -0.274. The fourth-order valence-electron chi connectivity index (χ4n) is 1.57. The van der Waals surface area contributed by atoms with Crippen molar-refractivity contribution in [2.45, 2.75) is 19.8 Å². The van der Waals surface area contributed by atoms with Gasteiger partial charge in [0.25, 0.3) is 0 Å². The van der Waals surface area contributed by atoms with Crippen molar-refractivity contribution >= 4 is 5.97 Å². The van der Waals surface area contributed by atoms with E-state index in [2.05, 4.69) is 4.74 Å². The van der Waals surface area contributed by atoms with Crippen LogP contribution in [0.2, 0.25) is 0 Å². The summed E-state index contributed by atoms with van der Waals surface area (Å²) in [5, 5.41) is 8.69. The van der Waals surface area contributed by atoms with E-state index in [1.165, 1.54) is 18.2 Å². The summed E-state index contributed by atoms with van der Waals surface area (Å²) in [5.74, 6) is -1.29. The molecule has 0 spiro atoms. The molecule has 0 saturated carbocycles. The summed E-state index contributed by atoms with van der Waals surface area (Å²) in [6.45, 7) is 2.34. The molecule has 0 heterocycles. The minimum atomic E-state index is -4.73. The van der Waals surface area contributed by atoms with E-state index in [1.807, 2.05) is 0 Å². The van der Waals surface area contributed by atoms with Crippen molar-refractivity contribution in [2.75, 3.05) is 13.1 Å². The first-order chi connectivity index (χ1) is 8.80. The van der Waals surface area contributed by atoms with Crippen LogP contribution in [0.25, 0.3) is 0 Å². The molecule has 0 saturated heterocycles. The van der Waals surface area contributed by atoms with E-state index in [0.29, 0.717) is 12.1 Å². The Labute approximate surface area is 108 Å². The molecule has 0 aromatic heterocycles. The Bertz CT molecular complexity index is 434. The maximum atomic E-state index is 12.1.